The number of aryl methyl sites for hydroxylation is 2. The molecule has 17 heavy (non-hydrogen) atoms. The van der Waals surface area contributed by atoms with Crippen molar-refractivity contribution in [3.8, 4) is 0 Å². The van der Waals surface area contributed by atoms with E-state index in [1.807, 2.05) is 19.1 Å². The van der Waals surface area contributed by atoms with Gasteiger partial charge in [0.25, 0.3) is 0 Å². The molecule has 0 N–H and O–H groups in total. The van der Waals surface area contributed by atoms with E-state index in [9.17, 15) is 8.42 Å². The molecular weight excluding hydrogens is 234 g/mol. The molecule has 1 fully saturated rings. The fourth-order valence-corrected chi connectivity index (χ4v) is 3.80. The molecule has 0 bridgehead atoms. The molecule has 0 saturated carbocycles. The summed E-state index contributed by atoms with van der Waals surface area (Å²) < 4.78 is 25.4. The highest BCUT2D eigenvalue weighted by Gasteiger charge is 2.25. The second kappa shape index (κ2) is 4.78. The zero-order valence-corrected chi connectivity index (χ0v) is 11.3. The van der Waals surface area contributed by atoms with Crippen LogP contribution in [0.25, 0.3) is 0 Å². The van der Waals surface area contributed by atoms with Crippen LogP contribution in [0.4, 0.5) is 0 Å². The van der Waals surface area contributed by atoms with Gasteiger partial charge in [-0.15, -0.1) is 0 Å². The fourth-order valence-electron chi connectivity index (χ4n) is 2.23. The summed E-state index contributed by atoms with van der Waals surface area (Å²) in [5, 5.41) is 0. The Labute approximate surface area is 104 Å². The molecule has 1 aromatic carbocycles. The van der Waals surface area contributed by atoms with Gasteiger partial charge in [-0.1, -0.05) is 23.8 Å². The van der Waals surface area contributed by atoms with Crippen molar-refractivity contribution < 1.29 is 8.42 Å². The Kier molecular flexibility index (Phi) is 3.54. The first kappa shape index (κ1) is 12.6. The Morgan fingerprint density at radius 1 is 1.24 bits per heavy atom. The Hall–Kier alpha value is -0.870. The van der Waals surface area contributed by atoms with Gasteiger partial charge in [-0.25, -0.2) is 8.42 Å². The van der Waals surface area contributed by atoms with Crippen LogP contribution in [0.1, 0.15) is 29.5 Å². The molecule has 4 heteroatoms. The maximum atomic E-state index is 11.9. The molecule has 0 spiro atoms. The van der Waals surface area contributed by atoms with Gasteiger partial charge in [-0.05, 0) is 37.8 Å². The lowest BCUT2D eigenvalue weighted by Crippen LogP contribution is -2.37. The van der Waals surface area contributed by atoms with Crippen molar-refractivity contribution in [1.82, 2.24) is 4.31 Å². The molecule has 94 valence electrons. The van der Waals surface area contributed by atoms with Crippen molar-refractivity contribution >= 4 is 10.0 Å². The second-order valence-corrected chi connectivity index (χ2v) is 6.88. The topological polar surface area (TPSA) is 37.4 Å². The summed E-state index contributed by atoms with van der Waals surface area (Å²) in [6, 6.07) is 6.18. The van der Waals surface area contributed by atoms with E-state index < -0.39 is 10.0 Å². The number of hydrogen-bond donors (Lipinski definition) is 0. The standard InChI is InChI=1S/C13H19NO2S/c1-11-5-6-13(12(2)9-11)10-14-7-3-4-8-17(14,15)16/h5-6,9H,3-4,7-8,10H2,1-2H3. The van der Waals surface area contributed by atoms with E-state index in [0.29, 0.717) is 18.8 Å². The average molecular weight is 253 g/mol. The average Bonchev–Trinajstić information content (AvgIpc) is 2.24. The van der Waals surface area contributed by atoms with Crippen LogP contribution >= 0.6 is 0 Å². The molecule has 1 aliphatic rings. The van der Waals surface area contributed by atoms with Gasteiger partial charge < -0.3 is 0 Å². The van der Waals surface area contributed by atoms with E-state index in [1.165, 1.54) is 11.1 Å². The third-order valence-corrected chi connectivity index (χ3v) is 5.20. The van der Waals surface area contributed by atoms with Crippen LogP contribution in [-0.2, 0) is 16.6 Å². The van der Waals surface area contributed by atoms with Crippen LogP contribution in [0.3, 0.4) is 0 Å². The van der Waals surface area contributed by atoms with Gasteiger partial charge in [-0.3, -0.25) is 0 Å². The molecule has 0 atom stereocenters. The van der Waals surface area contributed by atoms with Crippen molar-refractivity contribution in [2.45, 2.75) is 33.2 Å². The first-order valence-electron chi connectivity index (χ1n) is 6.03. The molecule has 0 aliphatic carbocycles. The fraction of sp³-hybridized carbons (Fsp3) is 0.538. The minimum atomic E-state index is -3.02. The van der Waals surface area contributed by atoms with E-state index in [2.05, 4.69) is 13.0 Å². The number of nitrogens with zero attached hydrogens (tertiary/aromatic N) is 1. The zero-order chi connectivity index (χ0) is 12.5. The molecule has 0 aromatic heterocycles. The highest BCUT2D eigenvalue weighted by molar-refractivity contribution is 7.89. The largest absolute Gasteiger partial charge is 0.214 e. The quantitative estimate of drug-likeness (QED) is 0.810. The van der Waals surface area contributed by atoms with E-state index >= 15 is 0 Å². The Bertz CT molecular complexity index is 508. The number of sulfonamides is 1. The summed E-state index contributed by atoms with van der Waals surface area (Å²) in [4.78, 5) is 0. The molecule has 1 saturated heterocycles. The SMILES string of the molecule is Cc1ccc(CN2CCCCS2(=O)=O)c(C)c1. The molecule has 0 unspecified atom stereocenters. The summed E-state index contributed by atoms with van der Waals surface area (Å²) in [6.07, 6.45) is 1.77. The minimum Gasteiger partial charge on any atom is -0.212 e. The first-order chi connectivity index (χ1) is 7.99. The minimum absolute atomic E-state index is 0.303. The van der Waals surface area contributed by atoms with Crippen LogP contribution in [0.15, 0.2) is 18.2 Å². The van der Waals surface area contributed by atoms with Gasteiger partial charge >= 0.3 is 0 Å². The normalized spacial score (nSPS) is 20.4. The Balaban J connectivity index is 2.20. The van der Waals surface area contributed by atoms with Gasteiger partial charge in [0.05, 0.1) is 5.75 Å². The third kappa shape index (κ3) is 2.87. The number of rotatable bonds is 2. The lowest BCUT2D eigenvalue weighted by molar-refractivity contribution is 0.378. The molecule has 2 rings (SSSR count). The highest BCUT2D eigenvalue weighted by Crippen LogP contribution is 2.19. The Morgan fingerprint density at radius 2 is 2.00 bits per heavy atom. The van der Waals surface area contributed by atoms with E-state index in [4.69, 9.17) is 0 Å². The maximum Gasteiger partial charge on any atom is 0.214 e. The number of benzene rings is 1. The molecule has 0 radical (unpaired) electrons. The van der Waals surface area contributed by atoms with Gasteiger partial charge in [0.15, 0.2) is 0 Å². The Morgan fingerprint density at radius 3 is 2.65 bits per heavy atom. The van der Waals surface area contributed by atoms with Crippen LogP contribution < -0.4 is 0 Å². The van der Waals surface area contributed by atoms with Gasteiger partial charge in [0, 0.05) is 13.1 Å². The third-order valence-electron chi connectivity index (χ3n) is 3.30. The first-order valence-corrected chi connectivity index (χ1v) is 7.64. The zero-order valence-electron chi connectivity index (χ0n) is 10.4. The van der Waals surface area contributed by atoms with Crippen molar-refractivity contribution in [3.05, 3.63) is 34.9 Å². The molecule has 1 aliphatic heterocycles. The predicted octanol–water partition coefficient (Wildman–Crippen LogP) is 2.23. The van der Waals surface area contributed by atoms with Crippen molar-refractivity contribution in [2.75, 3.05) is 12.3 Å². The lowest BCUT2D eigenvalue weighted by Gasteiger charge is -2.26. The van der Waals surface area contributed by atoms with Crippen molar-refractivity contribution in [1.29, 1.82) is 0 Å². The monoisotopic (exact) mass is 253 g/mol. The predicted molar refractivity (Wildman–Crippen MR) is 69.3 cm³/mol. The molecule has 3 nitrogen and oxygen atoms in total. The van der Waals surface area contributed by atoms with Gasteiger partial charge in [0.2, 0.25) is 10.0 Å². The van der Waals surface area contributed by atoms with Crippen molar-refractivity contribution in [3.63, 3.8) is 0 Å². The van der Waals surface area contributed by atoms with Crippen LogP contribution in [0, 0.1) is 13.8 Å². The summed E-state index contributed by atoms with van der Waals surface area (Å²) in [7, 11) is -3.02. The van der Waals surface area contributed by atoms with Crippen LogP contribution in [0.2, 0.25) is 0 Å². The summed E-state index contributed by atoms with van der Waals surface area (Å²) in [5.74, 6) is 0.303. The molecule has 1 aromatic rings. The highest BCUT2D eigenvalue weighted by atomic mass is 32.2. The van der Waals surface area contributed by atoms with Crippen LogP contribution in [0.5, 0.6) is 0 Å². The second-order valence-electron chi connectivity index (χ2n) is 4.79. The van der Waals surface area contributed by atoms with E-state index in [1.54, 1.807) is 4.31 Å². The summed E-state index contributed by atoms with van der Waals surface area (Å²) >= 11 is 0. The van der Waals surface area contributed by atoms with E-state index in [0.717, 1.165) is 18.4 Å². The maximum absolute atomic E-state index is 11.9. The number of hydrogen-bond acceptors (Lipinski definition) is 2. The van der Waals surface area contributed by atoms with Gasteiger partial charge in [0.1, 0.15) is 0 Å². The molecule has 0 amide bonds. The molecular formula is C13H19NO2S. The lowest BCUT2D eigenvalue weighted by atomic mass is 10.1. The van der Waals surface area contributed by atoms with E-state index in [-0.39, 0.29) is 0 Å². The molecule has 1 heterocycles. The summed E-state index contributed by atoms with van der Waals surface area (Å²) in [6.45, 7) is 5.28. The van der Waals surface area contributed by atoms with Gasteiger partial charge in [-0.2, -0.15) is 4.31 Å². The smallest absolute Gasteiger partial charge is 0.212 e. The van der Waals surface area contributed by atoms with Crippen LogP contribution in [-0.4, -0.2) is 25.0 Å². The van der Waals surface area contributed by atoms with Crippen molar-refractivity contribution in [2.24, 2.45) is 0 Å². The summed E-state index contributed by atoms with van der Waals surface area (Å²) in [5.41, 5.74) is 3.50.